The first-order valence-corrected chi connectivity index (χ1v) is 7.15. The van der Waals surface area contributed by atoms with E-state index in [4.69, 9.17) is 17.4 Å². The van der Waals surface area contributed by atoms with Gasteiger partial charge in [0.05, 0.1) is 11.4 Å². The zero-order valence-corrected chi connectivity index (χ0v) is 13.6. The highest BCUT2D eigenvalue weighted by Crippen LogP contribution is 2.17. The molecule has 2 amide bonds. The van der Waals surface area contributed by atoms with Gasteiger partial charge in [-0.3, -0.25) is 15.0 Å². The highest BCUT2D eigenvalue weighted by molar-refractivity contribution is 7.80. The van der Waals surface area contributed by atoms with Crippen LogP contribution in [-0.4, -0.2) is 38.9 Å². The number of azo groups is 1. The van der Waals surface area contributed by atoms with Crippen molar-refractivity contribution in [2.75, 3.05) is 0 Å². The van der Waals surface area contributed by atoms with Gasteiger partial charge >= 0.3 is 0 Å². The molecule has 1 aromatic carbocycles. The summed E-state index contributed by atoms with van der Waals surface area (Å²) in [5.41, 5.74) is 3.11. The third-order valence-corrected chi connectivity index (χ3v) is 3.26. The van der Waals surface area contributed by atoms with E-state index in [1.807, 2.05) is 0 Å². The predicted molar refractivity (Wildman–Crippen MR) is 86.9 cm³/mol. The Kier molecular flexibility index (Phi) is 5.41. The maximum absolute atomic E-state index is 12.4. The van der Waals surface area contributed by atoms with Gasteiger partial charge in [0, 0.05) is 19.1 Å². The fourth-order valence-electron chi connectivity index (χ4n) is 1.85. The lowest BCUT2D eigenvalue weighted by Crippen LogP contribution is -2.99. The van der Waals surface area contributed by atoms with E-state index in [1.54, 1.807) is 6.92 Å². The number of carbonyl (C=O) groups is 2. The topological polar surface area (TPSA) is 134 Å². The number of amides is 2. The first-order chi connectivity index (χ1) is 11.3. The first kappa shape index (κ1) is 17.7. The van der Waals surface area contributed by atoms with Crippen LogP contribution >= 0.6 is 12.2 Å². The molecule has 0 aromatic heterocycles. The molecule has 2 atom stereocenters. The normalized spacial score (nSPS) is 19.4. The van der Waals surface area contributed by atoms with Gasteiger partial charge in [0.2, 0.25) is 11.0 Å². The van der Waals surface area contributed by atoms with Gasteiger partial charge in [-0.05, 0) is 31.3 Å². The molecule has 0 spiro atoms. The number of rotatable bonds is 4. The summed E-state index contributed by atoms with van der Waals surface area (Å²) in [5.74, 6) is -1.05. The largest absolute Gasteiger partial charge is 0.595 e. The third-order valence-electron chi connectivity index (χ3n) is 2.99. The number of quaternary nitrogens is 1. The van der Waals surface area contributed by atoms with Crippen LogP contribution in [0.2, 0.25) is 0 Å². The molecule has 1 unspecified atom stereocenters. The Labute approximate surface area is 142 Å². The van der Waals surface area contributed by atoms with Crippen molar-refractivity contribution < 1.29 is 20.0 Å². The SMILES string of the molecule is CC(=O)NN1C(=O)[C@@H](N=Nc2ccc([NH+]([O-])O)cc2)C(C)=NC1=S. The molecule has 0 fully saturated rings. The molecule has 3 N–H and O–H groups in total. The van der Waals surface area contributed by atoms with Gasteiger partial charge in [-0.15, -0.1) is 0 Å². The summed E-state index contributed by atoms with van der Waals surface area (Å²) in [6, 6.07) is 4.65. The Bertz CT molecular complexity index is 730. The van der Waals surface area contributed by atoms with E-state index in [0.29, 0.717) is 11.4 Å². The molecule has 1 aromatic rings. The van der Waals surface area contributed by atoms with Crippen molar-refractivity contribution in [3.05, 3.63) is 29.5 Å². The van der Waals surface area contributed by atoms with E-state index in [-0.39, 0.29) is 10.8 Å². The molecule has 126 valence electrons. The van der Waals surface area contributed by atoms with Crippen LogP contribution in [0.5, 0.6) is 0 Å². The average molecular weight is 350 g/mol. The average Bonchev–Trinajstić information content (AvgIpc) is 2.51. The third kappa shape index (κ3) is 4.02. The van der Waals surface area contributed by atoms with Crippen molar-refractivity contribution in [3.8, 4) is 0 Å². The van der Waals surface area contributed by atoms with Crippen LogP contribution in [-0.2, 0) is 9.59 Å². The van der Waals surface area contributed by atoms with Gasteiger partial charge in [0.1, 0.15) is 0 Å². The van der Waals surface area contributed by atoms with Crippen molar-refractivity contribution in [2.24, 2.45) is 15.2 Å². The molecule has 0 saturated carbocycles. The van der Waals surface area contributed by atoms with E-state index in [9.17, 15) is 14.8 Å². The lowest BCUT2D eigenvalue weighted by atomic mass is 10.1. The summed E-state index contributed by atoms with van der Waals surface area (Å²) in [4.78, 5) is 27.5. The van der Waals surface area contributed by atoms with E-state index < -0.39 is 23.1 Å². The zero-order valence-electron chi connectivity index (χ0n) is 12.8. The van der Waals surface area contributed by atoms with E-state index in [0.717, 1.165) is 5.01 Å². The van der Waals surface area contributed by atoms with Crippen molar-refractivity contribution in [3.63, 3.8) is 0 Å². The standard InChI is InChI=1S/C13H14N6O4S/c1-7-11(12(21)18(13(24)14-7)17-8(2)20)16-15-9-3-5-10(6-4-9)19(22)23/h3-6,11,19,22H,1-2H3,(H,17,20)/t11-/m0/s1. The summed E-state index contributed by atoms with van der Waals surface area (Å²) in [5, 5.41) is 27.2. The quantitative estimate of drug-likeness (QED) is 0.404. The first-order valence-electron chi connectivity index (χ1n) is 6.74. The molecule has 11 heteroatoms. The van der Waals surface area contributed by atoms with Gasteiger partial charge < -0.3 is 5.21 Å². The van der Waals surface area contributed by atoms with Crippen molar-refractivity contribution >= 4 is 46.2 Å². The van der Waals surface area contributed by atoms with Crippen molar-refractivity contribution in [1.29, 1.82) is 0 Å². The Balaban J connectivity index is 2.20. The van der Waals surface area contributed by atoms with Crippen LogP contribution < -0.4 is 10.7 Å². The number of nitrogens with one attached hydrogen (secondary N) is 2. The number of hydrogen-bond acceptors (Lipinski definition) is 7. The van der Waals surface area contributed by atoms with Gasteiger partial charge in [-0.25, -0.2) is 10.2 Å². The van der Waals surface area contributed by atoms with Crippen LogP contribution in [0.25, 0.3) is 0 Å². The molecule has 10 nitrogen and oxygen atoms in total. The highest BCUT2D eigenvalue weighted by atomic mass is 32.1. The minimum absolute atomic E-state index is 0.0787. The van der Waals surface area contributed by atoms with Crippen LogP contribution in [0.15, 0.2) is 39.5 Å². The van der Waals surface area contributed by atoms with Crippen molar-refractivity contribution in [1.82, 2.24) is 10.4 Å². The minimum atomic E-state index is -1.05. The molecule has 0 radical (unpaired) electrons. The molecule has 0 aliphatic carbocycles. The van der Waals surface area contributed by atoms with E-state index >= 15 is 0 Å². The lowest BCUT2D eigenvalue weighted by Gasteiger charge is -2.27. The van der Waals surface area contributed by atoms with Crippen LogP contribution in [0, 0.1) is 5.21 Å². The second-order valence-electron chi connectivity index (χ2n) is 4.85. The number of benzene rings is 1. The van der Waals surface area contributed by atoms with Gasteiger partial charge in [-0.1, -0.05) is 0 Å². The number of thiocarbonyl (C=S) groups is 1. The van der Waals surface area contributed by atoms with Crippen LogP contribution in [0.1, 0.15) is 13.8 Å². The number of aliphatic imine (C=N–C) groups is 1. The van der Waals surface area contributed by atoms with Crippen LogP contribution in [0.3, 0.4) is 0 Å². The smallest absolute Gasteiger partial charge is 0.280 e. The number of hydrogen-bond donors (Lipinski definition) is 3. The van der Waals surface area contributed by atoms with Gasteiger partial charge in [-0.2, -0.15) is 20.5 Å². The highest BCUT2D eigenvalue weighted by Gasteiger charge is 2.34. The Morgan fingerprint density at radius 3 is 2.62 bits per heavy atom. The summed E-state index contributed by atoms with van der Waals surface area (Å²) in [6.07, 6.45) is 0. The predicted octanol–water partition coefficient (Wildman–Crippen LogP) is 0.181. The molecule has 1 aliphatic rings. The zero-order chi connectivity index (χ0) is 17.9. The molecular formula is C13H14N6O4S. The fraction of sp³-hybridized carbons (Fsp3) is 0.231. The minimum Gasteiger partial charge on any atom is -0.595 e. The number of nitrogens with zero attached hydrogens (tertiary/aromatic N) is 4. The van der Waals surface area contributed by atoms with Gasteiger partial charge in [0.25, 0.3) is 5.91 Å². The van der Waals surface area contributed by atoms with Crippen molar-refractivity contribution in [2.45, 2.75) is 19.9 Å². The number of hydrazine groups is 1. The summed E-state index contributed by atoms with van der Waals surface area (Å²) < 4.78 is 0. The maximum atomic E-state index is 12.4. The molecule has 0 bridgehead atoms. The second-order valence-corrected chi connectivity index (χ2v) is 5.21. The molecule has 24 heavy (non-hydrogen) atoms. The maximum Gasteiger partial charge on any atom is 0.280 e. The summed E-state index contributed by atoms with van der Waals surface area (Å²) >= 11 is 4.94. The fourth-order valence-corrected chi connectivity index (χ4v) is 2.13. The van der Waals surface area contributed by atoms with E-state index in [1.165, 1.54) is 31.2 Å². The second kappa shape index (κ2) is 7.31. The Morgan fingerprint density at radius 1 is 1.46 bits per heavy atom. The summed E-state index contributed by atoms with van der Waals surface area (Å²) in [7, 11) is 0. The Morgan fingerprint density at radius 2 is 2.08 bits per heavy atom. The van der Waals surface area contributed by atoms with Gasteiger partial charge in [0.15, 0.2) is 11.7 Å². The molecule has 1 aliphatic heterocycles. The molecular weight excluding hydrogens is 336 g/mol. The monoisotopic (exact) mass is 350 g/mol. The van der Waals surface area contributed by atoms with E-state index in [2.05, 4.69) is 20.6 Å². The lowest BCUT2D eigenvalue weighted by molar-refractivity contribution is -0.991. The molecule has 2 rings (SSSR count). The summed E-state index contributed by atoms with van der Waals surface area (Å²) in [6.45, 7) is 2.81. The number of carbonyl (C=O) groups excluding carboxylic acids is 2. The molecule has 1 heterocycles. The van der Waals surface area contributed by atoms with Crippen LogP contribution in [0.4, 0.5) is 11.4 Å². The Hall–Kier alpha value is -2.60. The molecule has 0 saturated heterocycles.